The Hall–Kier alpha value is -1.09. The van der Waals surface area contributed by atoms with Gasteiger partial charge in [0.25, 0.3) is 0 Å². The highest BCUT2D eigenvalue weighted by Crippen LogP contribution is 2.37. The molecule has 0 saturated heterocycles. The van der Waals surface area contributed by atoms with Gasteiger partial charge in [-0.3, -0.25) is 0 Å². The normalized spacial score (nSPS) is 24.5. The van der Waals surface area contributed by atoms with Crippen LogP contribution in [0, 0.1) is 5.82 Å². The van der Waals surface area contributed by atoms with Crippen LogP contribution in [-0.2, 0) is 0 Å². The van der Waals surface area contributed by atoms with Crippen molar-refractivity contribution in [1.29, 1.82) is 0 Å². The largest absolute Gasteiger partial charge is 0.488 e. The average Bonchev–Trinajstić information content (AvgIpc) is 2.54. The number of likely N-dealkylation sites (N-methyl/N-ethyl adjacent to an activating group) is 1. The van der Waals surface area contributed by atoms with E-state index in [-0.39, 0.29) is 18.0 Å². The van der Waals surface area contributed by atoms with E-state index in [2.05, 4.69) is 12.2 Å². The van der Waals surface area contributed by atoms with Crippen molar-refractivity contribution in [3.05, 3.63) is 29.6 Å². The highest BCUT2D eigenvalue weighted by Gasteiger charge is 2.31. The summed E-state index contributed by atoms with van der Waals surface area (Å²) in [4.78, 5) is 0. The summed E-state index contributed by atoms with van der Waals surface area (Å²) in [6, 6.07) is 4.80. The summed E-state index contributed by atoms with van der Waals surface area (Å²) in [6.45, 7) is 2.07. The highest BCUT2D eigenvalue weighted by atomic mass is 19.1. The number of hydrogen-bond acceptors (Lipinski definition) is 2. The lowest BCUT2D eigenvalue weighted by Crippen LogP contribution is -2.27. The van der Waals surface area contributed by atoms with Gasteiger partial charge in [0.1, 0.15) is 17.7 Å². The van der Waals surface area contributed by atoms with Crippen LogP contribution in [0.1, 0.15) is 24.9 Å². The van der Waals surface area contributed by atoms with Crippen molar-refractivity contribution < 1.29 is 9.13 Å². The van der Waals surface area contributed by atoms with E-state index in [1.54, 1.807) is 12.1 Å². The molecule has 1 aromatic rings. The van der Waals surface area contributed by atoms with Crippen molar-refractivity contribution >= 4 is 0 Å². The molecule has 2 nitrogen and oxygen atoms in total. The smallest absolute Gasteiger partial charge is 0.124 e. The summed E-state index contributed by atoms with van der Waals surface area (Å²) < 4.78 is 18.7. The van der Waals surface area contributed by atoms with Crippen molar-refractivity contribution in [1.82, 2.24) is 5.32 Å². The zero-order valence-corrected chi connectivity index (χ0v) is 8.38. The maximum Gasteiger partial charge on any atom is 0.124 e. The van der Waals surface area contributed by atoms with Crippen LogP contribution < -0.4 is 10.1 Å². The van der Waals surface area contributed by atoms with Gasteiger partial charge in [0.15, 0.2) is 0 Å². The molecule has 0 bridgehead atoms. The lowest BCUT2D eigenvalue weighted by molar-refractivity contribution is 0.189. The van der Waals surface area contributed by atoms with Crippen molar-refractivity contribution in [2.24, 2.45) is 0 Å². The number of halogens is 1. The average molecular weight is 195 g/mol. The van der Waals surface area contributed by atoms with Crippen LogP contribution in [0.3, 0.4) is 0 Å². The highest BCUT2D eigenvalue weighted by molar-refractivity contribution is 5.40. The van der Waals surface area contributed by atoms with Gasteiger partial charge in [-0.05, 0) is 31.7 Å². The van der Waals surface area contributed by atoms with E-state index in [4.69, 9.17) is 4.74 Å². The molecular weight excluding hydrogens is 181 g/mol. The number of rotatable bonds is 2. The van der Waals surface area contributed by atoms with Crippen LogP contribution in [-0.4, -0.2) is 13.2 Å². The summed E-state index contributed by atoms with van der Waals surface area (Å²) in [6.07, 6.45) is 1.04. The predicted molar refractivity (Wildman–Crippen MR) is 52.9 cm³/mol. The Kier molecular flexibility index (Phi) is 2.42. The quantitative estimate of drug-likeness (QED) is 0.781. The molecule has 2 atom stereocenters. The Morgan fingerprint density at radius 1 is 1.50 bits per heavy atom. The van der Waals surface area contributed by atoms with Crippen LogP contribution in [0.25, 0.3) is 0 Å². The molecule has 0 aromatic heterocycles. The second-order valence-electron chi connectivity index (χ2n) is 3.51. The Morgan fingerprint density at radius 3 is 2.93 bits per heavy atom. The van der Waals surface area contributed by atoms with Gasteiger partial charge in [-0.15, -0.1) is 0 Å². The first-order chi connectivity index (χ1) is 6.76. The molecule has 1 aromatic carbocycles. The Labute approximate surface area is 83.1 Å². The zero-order chi connectivity index (χ0) is 10.1. The molecule has 1 aliphatic heterocycles. The van der Waals surface area contributed by atoms with Crippen molar-refractivity contribution in [3.63, 3.8) is 0 Å². The fourth-order valence-electron chi connectivity index (χ4n) is 1.96. The number of benzene rings is 1. The van der Waals surface area contributed by atoms with E-state index in [1.807, 2.05) is 7.05 Å². The second kappa shape index (κ2) is 3.58. The lowest BCUT2D eigenvalue weighted by atomic mass is 10.0. The second-order valence-corrected chi connectivity index (χ2v) is 3.51. The molecule has 0 radical (unpaired) electrons. The van der Waals surface area contributed by atoms with Crippen LogP contribution in [0.15, 0.2) is 18.2 Å². The van der Waals surface area contributed by atoms with Gasteiger partial charge in [0, 0.05) is 5.56 Å². The molecule has 1 N–H and O–H groups in total. The van der Waals surface area contributed by atoms with Gasteiger partial charge >= 0.3 is 0 Å². The van der Waals surface area contributed by atoms with E-state index in [1.165, 1.54) is 6.07 Å². The first-order valence-corrected chi connectivity index (χ1v) is 4.89. The van der Waals surface area contributed by atoms with Gasteiger partial charge in [-0.2, -0.15) is 0 Å². The third-order valence-corrected chi connectivity index (χ3v) is 2.67. The minimum Gasteiger partial charge on any atom is -0.488 e. The first-order valence-electron chi connectivity index (χ1n) is 4.89. The Bertz CT molecular complexity index is 340. The topological polar surface area (TPSA) is 21.3 Å². The van der Waals surface area contributed by atoms with Crippen LogP contribution >= 0.6 is 0 Å². The molecule has 3 heteroatoms. The monoisotopic (exact) mass is 195 g/mol. The minimum atomic E-state index is -0.204. The molecule has 0 amide bonds. The molecule has 0 aliphatic carbocycles. The third kappa shape index (κ3) is 1.38. The molecule has 0 saturated carbocycles. The molecule has 2 rings (SSSR count). The molecule has 1 aliphatic rings. The number of fused-ring (bicyclic) bond motifs is 1. The van der Waals surface area contributed by atoms with Crippen molar-refractivity contribution in [2.75, 3.05) is 7.05 Å². The van der Waals surface area contributed by atoms with E-state index >= 15 is 0 Å². The first kappa shape index (κ1) is 9.46. The van der Waals surface area contributed by atoms with Crippen LogP contribution in [0.4, 0.5) is 4.39 Å². The van der Waals surface area contributed by atoms with E-state index in [9.17, 15) is 4.39 Å². The lowest BCUT2D eigenvalue weighted by Gasteiger charge is -2.16. The van der Waals surface area contributed by atoms with Gasteiger partial charge < -0.3 is 10.1 Å². The zero-order valence-electron chi connectivity index (χ0n) is 8.38. The standard InChI is InChI=1S/C11H14FNO/c1-3-9-11(13-2)8-6-7(12)4-5-10(8)14-9/h4-6,9,11,13H,3H2,1-2H3. The molecular formula is C11H14FNO. The van der Waals surface area contributed by atoms with Gasteiger partial charge in [0.2, 0.25) is 0 Å². The van der Waals surface area contributed by atoms with Crippen LogP contribution in [0.2, 0.25) is 0 Å². The Morgan fingerprint density at radius 2 is 2.29 bits per heavy atom. The van der Waals surface area contributed by atoms with E-state index in [0.717, 1.165) is 17.7 Å². The summed E-state index contributed by atoms with van der Waals surface area (Å²) in [5, 5.41) is 3.16. The molecule has 0 spiro atoms. The number of nitrogens with one attached hydrogen (secondary N) is 1. The van der Waals surface area contributed by atoms with Gasteiger partial charge in [-0.1, -0.05) is 6.92 Å². The molecule has 0 fully saturated rings. The molecule has 76 valence electrons. The fourth-order valence-corrected chi connectivity index (χ4v) is 1.96. The predicted octanol–water partition coefficient (Wildman–Crippen LogP) is 2.26. The van der Waals surface area contributed by atoms with Crippen molar-refractivity contribution in [2.45, 2.75) is 25.5 Å². The number of hydrogen-bond donors (Lipinski definition) is 1. The minimum absolute atomic E-state index is 0.116. The molecule has 14 heavy (non-hydrogen) atoms. The summed E-state index contributed by atoms with van der Waals surface area (Å²) in [5.41, 5.74) is 0.930. The van der Waals surface area contributed by atoms with Gasteiger partial charge in [-0.25, -0.2) is 4.39 Å². The molecule has 2 unspecified atom stereocenters. The fraction of sp³-hybridized carbons (Fsp3) is 0.455. The summed E-state index contributed by atoms with van der Waals surface area (Å²) >= 11 is 0. The third-order valence-electron chi connectivity index (χ3n) is 2.67. The van der Waals surface area contributed by atoms with Crippen LogP contribution in [0.5, 0.6) is 5.75 Å². The Balaban J connectivity index is 2.38. The maximum absolute atomic E-state index is 13.0. The number of ether oxygens (including phenoxy) is 1. The maximum atomic E-state index is 13.0. The van der Waals surface area contributed by atoms with Crippen molar-refractivity contribution in [3.8, 4) is 5.75 Å². The van der Waals surface area contributed by atoms with E-state index < -0.39 is 0 Å². The summed E-state index contributed by atoms with van der Waals surface area (Å²) in [5.74, 6) is 0.599. The summed E-state index contributed by atoms with van der Waals surface area (Å²) in [7, 11) is 1.87. The SMILES string of the molecule is CCC1Oc2ccc(F)cc2C1NC. The van der Waals surface area contributed by atoms with Gasteiger partial charge in [0.05, 0.1) is 6.04 Å². The molecule has 1 heterocycles. The van der Waals surface area contributed by atoms with E-state index in [0.29, 0.717) is 0 Å².